The fourth-order valence-electron chi connectivity index (χ4n) is 2.22. The van der Waals surface area contributed by atoms with E-state index in [1.165, 1.54) is 17.4 Å². The summed E-state index contributed by atoms with van der Waals surface area (Å²) in [5.74, 6) is -2.02. The number of ether oxygens (including phenoxy) is 1. The summed E-state index contributed by atoms with van der Waals surface area (Å²) < 4.78 is 5.10. The Hall–Kier alpha value is -2.67. The van der Waals surface area contributed by atoms with Crippen LogP contribution in [0.5, 0.6) is 0 Å². The minimum absolute atomic E-state index is 0.232. The molecule has 0 aliphatic heterocycles. The van der Waals surface area contributed by atoms with Crippen molar-refractivity contribution in [3.8, 4) is 0 Å². The van der Waals surface area contributed by atoms with Gasteiger partial charge in [-0.2, -0.15) is 0 Å². The first-order valence-electron chi connectivity index (χ1n) is 7.41. The zero-order valence-electron chi connectivity index (χ0n) is 13.2. The molecule has 0 bridgehead atoms. The van der Waals surface area contributed by atoms with Gasteiger partial charge in [0, 0.05) is 0 Å². The third-order valence-corrected chi connectivity index (χ3v) is 4.25. The number of amides is 2. The lowest BCUT2D eigenvalue weighted by molar-refractivity contribution is -0.149. The monoisotopic (exact) mass is 346 g/mol. The van der Waals surface area contributed by atoms with E-state index in [0.29, 0.717) is 11.4 Å². The van der Waals surface area contributed by atoms with Crippen LogP contribution >= 0.6 is 11.3 Å². The van der Waals surface area contributed by atoms with E-state index >= 15 is 0 Å². The molecule has 1 aromatic heterocycles. The smallest absolute Gasteiger partial charge is 0.313 e. The molecule has 1 atom stereocenters. The second-order valence-corrected chi connectivity index (χ2v) is 5.97. The summed E-state index contributed by atoms with van der Waals surface area (Å²) in [4.78, 5) is 35.3. The number of esters is 1. The van der Waals surface area contributed by atoms with E-state index in [2.05, 4.69) is 5.32 Å². The topological polar surface area (TPSA) is 98.5 Å². The van der Waals surface area contributed by atoms with Gasteiger partial charge in [-0.3, -0.25) is 14.4 Å². The largest absolute Gasteiger partial charge is 0.455 e. The lowest BCUT2D eigenvalue weighted by Gasteiger charge is -2.14. The van der Waals surface area contributed by atoms with Crippen molar-refractivity contribution in [2.75, 3.05) is 11.9 Å². The maximum absolute atomic E-state index is 12.2. The molecule has 0 unspecified atom stereocenters. The van der Waals surface area contributed by atoms with E-state index in [1.807, 2.05) is 37.3 Å². The van der Waals surface area contributed by atoms with Gasteiger partial charge in [-0.25, -0.2) is 0 Å². The molecular weight excluding hydrogens is 328 g/mol. The molecule has 24 heavy (non-hydrogen) atoms. The predicted molar refractivity (Wildman–Crippen MR) is 91.9 cm³/mol. The first-order valence-corrected chi connectivity index (χ1v) is 8.29. The summed E-state index contributed by atoms with van der Waals surface area (Å²) in [5.41, 5.74) is 6.29. The zero-order valence-corrected chi connectivity index (χ0v) is 14.0. The summed E-state index contributed by atoms with van der Waals surface area (Å²) in [7, 11) is 0. The molecule has 2 amide bonds. The van der Waals surface area contributed by atoms with Crippen molar-refractivity contribution in [3.63, 3.8) is 0 Å². The van der Waals surface area contributed by atoms with Crippen LogP contribution in [0.15, 0.2) is 41.8 Å². The van der Waals surface area contributed by atoms with Crippen molar-refractivity contribution in [1.29, 1.82) is 0 Å². The van der Waals surface area contributed by atoms with Gasteiger partial charge in [0.1, 0.15) is 5.00 Å². The Labute approximate surface area is 143 Å². The number of carbonyl (C=O) groups is 3. The van der Waals surface area contributed by atoms with Crippen molar-refractivity contribution in [2.24, 2.45) is 5.73 Å². The van der Waals surface area contributed by atoms with Gasteiger partial charge in [-0.1, -0.05) is 37.3 Å². The summed E-state index contributed by atoms with van der Waals surface area (Å²) in [6.45, 7) is 1.46. The van der Waals surface area contributed by atoms with Gasteiger partial charge in [0.25, 0.3) is 11.8 Å². The molecule has 1 heterocycles. The molecule has 7 heteroatoms. The Morgan fingerprint density at radius 3 is 2.54 bits per heavy atom. The molecule has 0 fully saturated rings. The van der Waals surface area contributed by atoms with Crippen LogP contribution in [0.2, 0.25) is 0 Å². The molecule has 6 nitrogen and oxygen atoms in total. The molecule has 0 saturated heterocycles. The molecule has 1 aromatic carbocycles. The molecule has 3 N–H and O–H groups in total. The van der Waals surface area contributed by atoms with E-state index in [-0.39, 0.29) is 5.56 Å². The van der Waals surface area contributed by atoms with E-state index in [1.54, 1.807) is 5.38 Å². The molecule has 2 rings (SSSR count). The van der Waals surface area contributed by atoms with Gasteiger partial charge in [0.15, 0.2) is 6.61 Å². The Balaban J connectivity index is 1.92. The number of benzene rings is 1. The Morgan fingerprint density at radius 1 is 1.21 bits per heavy atom. The van der Waals surface area contributed by atoms with Crippen LogP contribution in [0.3, 0.4) is 0 Å². The van der Waals surface area contributed by atoms with Gasteiger partial charge in [0.2, 0.25) is 0 Å². The molecular formula is C17H18N2O4S. The highest BCUT2D eigenvalue weighted by Crippen LogP contribution is 2.23. The van der Waals surface area contributed by atoms with Crippen molar-refractivity contribution in [2.45, 2.75) is 19.3 Å². The number of nitrogens with one attached hydrogen (secondary N) is 1. The summed E-state index contributed by atoms with van der Waals surface area (Å²) in [6.07, 6.45) is 0.571. The number of hydrogen-bond acceptors (Lipinski definition) is 5. The molecule has 2 aromatic rings. The van der Waals surface area contributed by atoms with Gasteiger partial charge >= 0.3 is 5.97 Å². The predicted octanol–water partition coefficient (Wildman–Crippen LogP) is 2.52. The Bertz CT molecular complexity index is 727. The van der Waals surface area contributed by atoms with Crippen LogP contribution in [-0.2, 0) is 14.3 Å². The average molecular weight is 346 g/mol. The van der Waals surface area contributed by atoms with Gasteiger partial charge < -0.3 is 15.8 Å². The SMILES string of the molecule is CC[C@@H](C(=O)OCC(=O)Nc1sccc1C(N)=O)c1ccccc1. The first kappa shape index (κ1) is 17.7. The molecule has 126 valence electrons. The molecule has 0 spiro atoms. The third-order valence-electron chi connectivity index (χ3n) is 3.42. The van der Waals surface area contributed by atoms with E-state index < -0.39 is 30.3 Å². The van der Waals surface area contributed by atoms with Gasteiger partial charge in [0.05, 0.1) is 11.5 Å². The molecule has 0 saturated carbocycles. The van der Waals surface area contributed by atoms with Crippen LogP contribution in [0.4, 0.5) is 5.00 Å². The van der Waals surface area contributed by atoms with Gasteiger partial charge in [-0.15, -0.1) is 11.3 Å². The van der Waals surface area contributed by atoms with Gasteiger partial charge in [-0.05, 0) is 23.4 Å². The highest BCUT2D eigenvalue weighted by Gasteiger charge is 2.21. The normalized spacial score (nSPS) is 11.5. The molecule has 0 aliphatic carbocycles. The van der Waals surface area contributed by atoms with Crippen molar-refractivity contribution < 1.29 is 19.1 Å². The van der Waals surface area contributed by atoms with Crippen LogP contribution in [0.25, 0.3) is 0 Å². The number of carbonyl (C=O) groups excluding carboxylic acids is 3. The quantitative estimate of drug-likeness (QED) is 0.753. The maximum atomic E-state index is 12.2. The van der Waals surface area contributed by atoms with Crippen molar-refractivity contribution in [3.05, 3.63) is 52.9 Å². The number of anilines is 1. The zero-order chi connectivity index (χ0) is 17.5. The number of thiophene rings is 1. The minimum atomic E-state index is -0.626. The fourth-order valence-corrected chi connectivity index (χ4v) is 3.03. The third kappa shape index (κ3) is 4.42. The first-order chi connectivity index (χ1) is 11.5. The summed E-state index contributed by atoms with van der Waals surface area (Å²) in [6, 6.07) is 10.8. The van der Waals surface area contributed by atoms with Crippen LogP contribution in [0, 0.1) is 0 Å². The van der Waals surface area contributed by atoms with Crippen molar-refractivity contribution >= 4 is 34.1 Å². The second-order valence-electron chi connectivity index (χ2n) is 5.06. The summed E-state index contributed by atoms with van der Waals surface area (Å²) >= 11 is 1.17. The molecule has 0 aliphatic rings. The highest BCUT2D eigenvalue weighted by atomic mass is 32.1. The number of rotatable bonds is 7. The lowest BCUT2D eigenvalue weighted by atomic mass is 9.97. The number of hydrogen-bond donors (Lipinski definition) is 2. The standard InChI is InChI=1S/C17H18N2O4S/c1-2-12(11-6-4-3-5-7-11)17(22)23-10-14(20)19-16-13(15(18)21)8-9-24-16/h3-9,12H,2,10H2,1H3,(H2,18,21)(H,19,20)/t12-/m1/s1. The van der Waals surface area contributed by atoms with Crippen molar-refractivity contribution in [1.82, 2.24) is 0 Å². The van der Waals surface area contributed by atoms with E-state index in [9.17, 15) is 14.4 Å². The highest BCUT2D eigenvalue weighted by molar-refractivity contribution is 7.14. The van der Waals surface area contributed by atoms with Crippen LogP contribution < -0.4 is 11.1 Å². The maximum Gasteiger partial charge on any atom is 0.313 e. The van der Waals surface area contributed by atoms with Crippen LogP contribution in [-0.4, -0.2) is 24.4 Å². The second kappa shape index (κ2) is 8.26. The minimum Gasteiger partial charge on any atom is -0.455 e. The molecule has 0 radical (unpaired) electrons. The summed E-state index contributed by atoms with van der Waals surface area (Å²) in [5, 5.41) is 4.51. The number of nitrogens with two attached hydrogens (primary N) is 1. The van der Waals surface area contributed by atoms with Crippen LogP contribution in [0.1, 0.15) is 35.2 Å². The number of primary amides is 1. The lowest BCUT2D eigenvalue weighted by Crippen LogP contribution is -2.24. The Kier molecular flexibility index (Phi) is 6.08. The van der Waals surface area contributed by atoms with E-state index in [0.717, 1.165) is 5.56 Å². The Morgan fingerprint density at radius 2 is 1.92 bits per heavy atom. The van der Waals surface area contributed by atoms with E-state index in [4.69, 9.17) is 10.5 Å². The average Bonchev–Trinajstić information content (AvgIpc) is 3.03. The fraction of sp³-hybridized carbons (Fsp3) is 0.235.